The number of thiocarbonyl (C=S) groups is 1. The summed E-state index contributed by atoms with van der Waals surface area (Å²) in [5.74, 6) is 0. The minimum absolute atomic E-state index is 0.421. The van der Waals surface area contributed by atoms with Crippen LogP contribution in [0.15, 0.2) is 22.7 Å². The van der Waals surface area contributed by atoms with E-state index in [2.05, 4.69) is 47.8 Å². The predicted octanol–water partition coefficient (Wildman–Crippen LogP) is 3.32. The van der Waals surface area contributed by atoms with Crippen LogP contribution in [0.1, 0.15) is 25.8 Å². The molecule has 1 unspecified atom stereocenters. The molecule has 0 saturated carbocycles. The van der Waals surface area contributed by atoms with Crippen LogP contribution >= 0.6 is 28.1 Å². The summed E-state index contributed by atoms with van der Waals surface area (Å²) in [6.07, 6.45) is 1.12. The molecule has 0 fully saturated rings. The van der Waals surface area contributed by atoms with Gasteiger partial charge in [-0.05, 0) is 47.5 Å². The Bertz CT molecular complexity index is 393. The minimum atomic E-state index is 0.421. The quantitative estimate of drug-likeness (QED) is 0.865. The van der Waals surface area contributed by atoms with E-state index in [-0.39, 0.29) is 0 Å². The lowest BCUT2D eigenvalue weighted by atomic mass is 10.1. The molecular formula is C12H17BrN2S. The third kappa shape index (κ3) is 2.95. The summed E-state index contributed by atoms with van der Waals surface area (Å²) in [5.41, 5.74) is 7.67. The lowest BCUT2D eigenvalue weighted by Crippen LogP contribution is -2.28. The number of benzene rings is 1. The number of anilines is 1. The van der Waals surface area contributed by atoms with E-state index in [0.717, 1.165) is 16.5 Å². The van der Waals surface area contributed by atoms with Gasteiger partial charge in [-0.2, -0.15) is 0 Å². The van der Waals surface area contributed by atoms with E-state index in [9.17, 15) is 0 Å². The van der Waals surface area contributed by atoms with Crippen molar-refractivity contribution in [1.29, 1.82) is 0 Å². The number of hydrogen-bond acceptors (Lipinski definition) is 2. The Hall–Kier alpha value is -0.610. The van der Waals surface area contributed by atoms with E-state index in [1.54, 1.807) is 0 Å². The molecule has 0 saturated heterocycles. The Morgan fingerprint density at radius 1 is 1.56 bits per heavy atom. The lowest BCUT2D eigenvalue weighted by molar-refractivity contribution is 0.664. The van der Waals surface area contributed by atoms with Gasteiger partial charge in [-0.15, -0.1) is 0 Å². The predicted molar refractivity (Wildman–Crippen MR) is 78.2 cm³/mol. The van der Waals surface area contributed by atoms with E-state index < -0.39 is 0 Å². The van der Waals surface area contributed by atoms with Crippen molar-refractivity contribution in [3.05, 3.63) is 28.2 Å². The Morgan fingerprint density at radius 2 is 2.19 bits per heavy atom. The van der Waals surface area contributed by atoms with Gasteiger partial charge in [0.1, 0.15) is 4.99 Å². The fourth-order valence-electron chi connectivity index (χ4n) is 1.45. The topological polar surface area (TPSA) is 29.3 Å². The van der Waals surface area contributed by atoms with Gasteiger partial charge in [0.25, 0.3) is 0 Å². The molecule has 0 bridgehead atoms. The molecule has 0 heterocycles. The standard InChI is InChI=1S/C12H17BrN2S/c1-4-8(2)15(3)9-5-6-10(12(14)16)11(13)7-9/h5-8H,4H2,1-3H3,(H2,14,16). The maximum atomic E-state index is 5.61. The molecule has 0 spiro atoms. The second kappa shape index (κ2) is 5.64. The second-order valence-electron chi connectivity index (χ2n) is 3.90. The summed E-state index contributed by atoms with van der Waals surface area (Å²) >= 11 is 8.46. The first-order chi connectivity index (χ1) is 7.47. The molecule has 0 aromatic heterocycles. The van der Waals surface area contributed by atoms with Crippen LogP contribution in [0.4, 0.5) is 5.69 Å². The van der Waals surface area contributed by atoms with Crippen LogP contribution in [0.3, 0.4) is 0 Å². The summed E-state index contributed by atoms with van der Waals surface area (Å²) in [4.78, 5) is 2.67. The highest BCUT2D eigenvalue weighted by molar-refractivity contribution is 9.10. The van der Waals surface area contributed by atoms with Crippen LogP contribution < -0.4 is 10.6 Å². The van der Waals surface area contributed by atoms with Crippen LogP contribution in [0, 0.1) is 0 Å². The molecule has 0 aliphatic heterocycles. The number of nitrogens with zero attached hydrogens (tertiary/aromatic N) is 1. The maximum absolute atomic E-state index is 5.61. The maximum Gasteiger partial charge on any atom is 0.105 e. The van der Waals surface area contributed by atoms with Gasteiger partial charge >= 0.3 is 0 Å². The number of nitrogens with two attached hydrogens (primary N) is 1. The van der Waals surface area contributed by atoms with Gasteiger partial charge in [0.05, 0.1) is 0 Å². The van der Waals surface area contributed by atoms with Crippen molar-refractivity contribution < 1.29 is 0 Å². The van der Waals surface area contributed by atoms with E-state index in [0.29, 0.717) is 11.0 Å². The van der Waals surface area contributed by atoms with Crippen LogP contribution in [-0.2, 0) is 0 Å². The Kier molecular flexibility index (Phi) is 4.74. The van der Waals surface area contributed by atoms with Gasteiger partial charge in [0.15, 0.2) is 0 Å². The molecule has 1 aromatic carbocycles. The normalized spacial score (nSPS) is 12.2. The third-order valence-electron chi connectivity index (χ3n) is 2.88. The number of hydrogen-bond donors (Lipinski definition) is 1. The summed E-state index contributed by atoms with van der Waals surface area (Å²) in [5, 5.41) is 0. The van der Waals surface area contributed by atoms with Crippen LogP contribution in [-0.4, -0.2) is 18.1 Å². The van der Waals surface area contributed by atoms with Gasteiger partial charge in [-0.3, -0.25) is 0 Å². The number of rotatable bonds is 4. The molecule has 2 nitrogen and oxygen atoms in total. The summed E-state index contributed by atoms with van der Waals surface area (Å²) < 4.78 is 0.952. The minimum Gasteiger partial charge on any atom is -0.389 e. The number of halogens is 1. The fourth-order valence-corrected chi connectivity index (χ4v) is 2.34. The van der Waals surface area contributed by atoms with Gasteiger partial charge in [-0.25, -0.2) is 0 Å². The highest BCUT2D eigenvalue weighted by atomic mass is 79.9. The summed E-state index contributed by atoms with van der Waals surface area (Å²) in [6, 6.07) is 6.58. The molecular weight excluding hydrogens is 284 g/mol. The zero-order valence-electron chi connectivity index (χ0n) is 9.83. The molecule has 16 heavy (non-hydrogen) atoms. The van der Waals surface area contributed by atoms with E-state index >= 15 is 0 Å². The molecule has 0 radical (unpaired) electrons. The molecule has 0 amide bonds. The van der Waals surface area contributed by atoms with Gasteiger partial charge in [0.2, 0.25) is 0 Å². The van der Waals surface area contributed by atoms with Crippen LogP contribution in [0.25, 0.3) is 0 Å². The summed E-state index contributed by atoms with van der Waals surface area (Å²) in [7, 11) is 2.09. The van der Waals surface area contributed by atoms with Crippen molar-refractivity contribution in [3.63, 3.8) is 0 Å². The van der Waals surface area contributed by atoms with Crippen molar-refractivity contribution in [2.45, 2.75) is 26.3 Å². The van der Waals surface area contributed by atoms with E-state index in [4.69, 9.17) is 18.0 Å². The average molecular weight is 301 g/mol. The molecule has 1 aromatic rings. The first-order valence-corrected chi connectivity index (χ1v) is 6.49. The van der Waals surface area contributed by atoms with E-state index in [1.807, 2.05) is 12.1 Å². The van der Waals surface area contributed by atoms with Crippen molar-refractivity contribution in [2.75, 3.05) is 11.9 Å². The van der Waals surface area contributed by atoms with E-state index in [1.165, 1.54) is 5.69 Å². The highest BCUT2D eigenvalue weighted by Gasteiger charge is 2.10. The van der Waals surface area contributed by atoms with Crippen molar-refractivity contribution in [3.8, 4) is 0 Å². The third-order valence-corrected chi connectivity index (χ3v) is 3.75. The molecule has 1 rings (SSSR count). The highest BCUT2D eigenvalue weighted by Crippen LogP contribution is 2.25. The smallest absolute Gasteiger partial charge is 0.105 e. The largest absolute Gasteiger partial charge is 0.389 e. The van der Waals surface area contributed by atoms with Crippen molar-refractivity contribution in [1.82, 2.24) is 0 Å². The average Bonchev–Trinajstić information content (AvgIpc) is 2.26. The first-order valence-electron chi connectivity index (χ1n) is 5.29. The molecule has 88 valence electrons. The lowest BCUT2D eigenvalue weighted by Gasteiger charge is -2.26. The van der Waals surface area contributed by atoms with Gasteiger partial charge in [0, 0.05) is 28.8 Å². The monoisotopic (exact) mass is 300 g/mol. The second-order valence-corrected chi connectivity index (χ2v) is 5.19. The Labute approximate surface area is 111 Å². The summed E-state index contributed by atoms with van der Waals surface area (Å²) in [6.45, 7) is 4.38. The fraction of sp³-hybridized carbons (Fsp3) is 0.417. The molecule has 0 aliphatic carbocycles. The van der Waals surface area contributed by atoms with Crippen molar-refractivity contribution >= 4 is 38.8 Å². The molecule has 4 heteroatoms. The van der Waals surface area contributed by atoms with Gasteiger partial charge in [-0.1, -0.05) is 19.1 Å². The zero-order valence-corrected chi connectivity index (χ0v) is 12.2. The SMILES string of the molecule is CCC(C)N(C)c1ccc(C(N)=S)c(Br)c1. The van der Waals surface area contributed by atoms with Crippen LogP contribution in [0.5, 0.6) is 0 Å². The zero-order chi connectivity index (χ0) is 12.3. The molecule has 0 aliphatic rings. The first kappa shape index (κ1) is 13.5. The Morgan fingerprint density at radius 3 is 2.62 bits per heavy atom. The van der Waals surface area contributed by atoms with Crippen LogP contribution in [0.2, 0.25) is 0 Å². The van der Waals surface area contributed by atoms with Crippen molar-refractivity contribution in [2.24, 2.45) is 5.73 Å². The molecule has 1 atom stereocenters. The van der Waals surface area contributed by atoms with Gasteiger partial charge < -0.3 is 10.6 Å². The molecule has 2 N–H and O–H groups in total. The Balaban J connectivity index is 3.01.